The number of nitrogens with one attached hydrogen (secondary N) is 1. The van der Waals surface area contributed by atoms with Gasteiger partial charge in [-0.15, -0.1) is 11.8 Å². The standard InChI is InChI=1S/C25H33FN2O3S/c1-4-6-15-27-25(30)23(5-2)28(16-19-9-13-22(31-3)14-10-19)24(29)18-32-17-20-7-11-21(26)12-8-20/h7-14,23H,4-6,15-18H2,1-3H3,(H,27,30)/t23-/m0/s1. The zero-order valence-electron chi connectivity index (χ0n) is 19.1. The normalized spacial score (nSPS) is 11.6. The van der Waals surface area contributed by atoms with Crippen LogP contribution in [-0.2, 0) is 21.9 Å². The Bertz CT molecular complexity index is 843. The smallest absolute Gasteiger partial charge is 0.242 e. The third-order valence-electron chi connectivity index (χ3n) is 5.13. The second-order valence-corrected chi connectivity index (χ2v) is 8.54. The number of hydrogen-bond acceptors (Lipinski definition) is 4. The molecule has 1 N–H and O–H groups in total. The topological polar surface area (TPSA) is 58.6 Å². The van der Waals surface area contributed by atoms with E-state index in [9.17, 15) is 14.0 Å². The highest BCUT2D eigenvalue weighted by Crippen LogP contribution is 2.19. The Morgan fingerprint density at radius 2 is 1.72 bits per heavy atom. The van der Waals surface area contributed by atoms with Crippen molar-refractivity contribution >= 4 is 23.6 Å². The van der Waals surface area contributed by atoms with Crippen LogP contribution in [0.5, 0.6) is 5.75 Å². The van der Waals surface area contributed by atoms with E-state index >= 15 is 0 Å². The van der Waals surface area contributed by atoms with Gasteiger partial charge < -0.3 is 15.0 Å². The van der Waals surface area contributed by atoms with Crippen molar-refractivity contribution in [1.29, 1.82) is 0 Å². The maximum atomic E-state index is 13.2. The van der Waals surface area contributed by atoms with Crippen LogP contribution < -0.4 is 10.1 Å². The fourth-order valence-electron chi connectivity index (χ4n) is 3.27. The Labute approximate surface area is 194 Å². The number of unbranched alkanes of at least 4 members (excludes halogenated alkanes) is 1. The summed E-state index contributed by atoms with van der Waals surface area (Å²) in [6.45, 7) is 4.95. The van der Waals surface area contributed by atoms with Crippen molar-refractivity contribution in [2.45, 2.75) is 51.4 Å². The fraction of sp³-hybridized carbons (Fsp3) is 0.440. The molecule has 0 aliphatic heterocycles. The quantitative estimate of drug-likeness (QED) is 0.437. The van der Waals surface area contributed by atoms with Crippen molar-refractivity contribution < 1.29 is 18.7 Å². The van der Waals surface area contributed by atoms with Crippen LogP contribution >= 0.6 is 11.8 Å². The zero-order chi connectivity index (χ0) is 23.3. The molecule has 0 saturated carbocycles. The third kappa shape index (κ3) is 8.19. The predicted molar refractivity (Wildman–Crippen MR) is 128 cm³/mol. The van der Waals surface area contributed by atoms with Gasteiger partial charge in [-0.05, 0) is 48.2 Å². The minimum atomic E-state index is -0.534. The van der Waals surface area contributed by atoms with Gasteiger partial charge in [-0.1, -0.05) is 44.5 Å². The van der Waals surface area contributed by atoms with E-state index in [4.69, 9.17) is 4.74 Å². The Balaban J connectivity index is 2.09. The van der Waals surface area contributed by atoms with E-state index in [1.54, 1.807) is 24.1 Å². The van der Waals surface area contributed by atoms with E-state index < -0.39 is 6.04 Å². The average Bonchev–Trinajstić information content (AvgIpc) is 2.80. The molecule has 174 valence electrons. The molecule has 2 aromatic rings. The first-order valence-electron chi connectivity index (χ1n) is 11.0. The van der Waals surface area contributed by atoms with Gasteiger partial charge >= 0.3 is 0 Å². The summed E-state index contributed by atoms with van der Waals surface area (Å²) in [7, 11) is 1.61. The summed E-state index contributed by atoms with van der Waals surface area (Å²) in [5, 5.41) is 2.97. The van der Waals surface area contributed by atoms with Crippen LogP contribution in [0.3, 0.4) is 0 Å². The Hall–Kier alpha value is -2.54. The molecule has 0 unspecified atom stereocenters. The third-order valence-corrected chi connectivity index (χ3v) is 6.12. The van der Waals surface area contributed by atoms with Crippen molar-refractivity contribution in [1.82, 2.24) is 10.2 Å². The maximum absolute atomic E-state index is 13.2. The van der Waals surface area contributed by atoms with Gasteiger partial charge in [-0.3, -0.25) is 9.59 Å². The van der Waals surface area contributed by atoms with Crippen LogP contribution in [0.4, 0.5) is 4.39 Å². The summed E-state index contributed by atoms with van der Waals surface area (Å²) in [6, 6.07) is 13.3. The fourth-order valence-corrected chi connectivity index (χ4v) is 4.14. The van der Waals surface area contributed by atoms with E-state index in [-0.39, 0.29) is 23.4 Å². The highest BCUT2D eigenvalue weighted by molar-refractivity contribution is 7.99. The molecule has 0 fully saturated rings. The van der Waals surface area contributed by atoms with Gasteiger partial charge in [0.1, 0.15) is 17.6 Å². The van der Waals surface area contributed by atoms with Gasteiger partial charge in [0.15, 0.2) is 0 Å². The number of thioether (sulfide) groups is 1. The van der Waals surface area contributed by atoms with Crippen molar-refractivity contribution in [3.8, 4) is 5.75 Å². The summed E-state index contributed by atoms with van der Waals surface area (Å²) in [5.41, 5.74) is 1.89. The number of ether oxygens (including phenoxy) is 1. The summed E-state index contributed by atoms with van der Waals surface area (Å²) in [5.74, 6) is 1.09. The Morgan fingerprint density at radius 1 is 1.06 bits per heavy atom. The number of benzene rings is 2. The molecule has 2 amide bonds. The minimum absolute atomic E-state index is 0.0922. The van der Waals surface area contributed by atoms with Crippen LogP contribution in [0, 0.1) is 5.82 Å². The zero-order valence-corrected chi connectivity index (χ0v) is 19.9. The van der Waals surface area contributed by atoms with E-state index in [2.05, 4.69) is 12.2 Å². The van der Waals surface area contributed by atoms with Gasteiger partial charge in [-0.2, -0.15) is 0 Å². The summed E-state index contributed by atoms with van der Waals surface area (Å²) in [6.07, 6.45) is 2.43. The molecule has 0 bridgehead atoms. The van der Waals surface area contributed by atoms with E-state index in [1.165, 1.54) is 23.9 Å². The molecule has 0 spiro atoms. The molecular formula is C25H33FN2O3S. The molecule has 0 heterocycles. The average molecular weight is 461 g/mol. The number of carbonyl (C=O) groups is 2. The largest absolute Gasteiger partial charge is 0.497 e. The first-order chi connectivity index (χ1) is 15.5. The van der Waals surface area contributed by atoms with Crippen LogP contribution in [0.1, 0.15) is 44.2 Å². The number of rotatable bonds is 13. The van der Waals surface area contributed by atoms with Crippen molar-refractivity contribution in [2.24, 2.45) is 0 Å². The first kappa shape index (κ1) is 25.7. The molecule has 2 rings (SSSR count). The second-order valence-electron chi connectivity index (χ2n) is 7.56. The first-order valence-corrected chi connectivity index (χ1v) is 12.2. The molecule has 32 heavy (non-hydrogen) atoms. The Morgan fingerprint density at radius 3 is 2.31 bits per heavy atom. The molecular weight excluding hydrogens is 427 g/mol. The molecule has 1 atom stereocenters. The van der Waals surface area contributed by atoms with Crippen LogP contribution in [0.25, 0.3) is 0 Å². The predicted octanol–water partition coefficient (Wildman–Crippen LogP) is 4.79. The lowest BCUT2D eigenvalue weighted by molar-refractivity contribution is -0.139. The highest BCUT2D eigenvalue weighted by Gasteiger charge is 2.28. The molecule has 5 nitrogen and oxygen atoms in total. The summed E-state index contributed by atoms with van der Waals surface area (Å²) < 4.78 is 18.3. The highest BCUT2D eigenvalue weighted by atomic mass is 32.2. The number of hydrogen-bond donors (Lipinski definition) is 1. The minimum Gasteiger partial charge on any atom is -0.497 e. The van der Waals surface area contributed by atoms with E-state index in [1.807, 2.05) is 31.2 Å². The van der Waals surface area contributed by atoms with Crippen molar-refractivity contribution in [3.05, 3.63) is 65.5 Å². The van der Waals surface area contributed by atoms with Gasteiger partial charge in [0.2, 0.25) is 11.8 Å². The SMILES string of the molecule is CCCCNC(=O)[C@H](CC)N(Cc1ccc(OC)cc1)C(=O)CSCc1ccc(F)cc1. The number of halogens is 1. The van der Waals surface area contributed by atoms with Crippen LogP contribution in [0.15, 0.2) is 48.5 Å². The number of amides is 2. The van der Waals surface area contributed by atoms with Gasteiger partial charge in [0.05, 0.1) is 12.9 Å². The number of nitrogens with zero attached hydrogens (tertiary/aromatic N) is 1. The van der Waals surface area contributed by atoms with E-state index in [0.717, 1.165) is 29.7 Å². The summed E-state index contributed by atoms with van der Waals surface area (Å²) >= 11 is 1.46. The Kier molecular flexibility index (Phi) is 11.1. The molecule has 0 aliphatic rings. The van der Waals surface area contributed by atoms with Crippen molar-refractivity contribution in [2.75, 3.05) is 19.4 Å². The molecule has 0 radical (unpaired) electrons. The molecule has 7 heteroatoms. The lowest BCUT2D eigenvalue weighted by Crippen LogP contribution is -2.49. The monoisotopic (exact) mass is 460 g/mol. The second kappa shape index (κ2) is 13.8. The van der Waals surface area contributed by atoms with Gasteiger partial charge in [-0.25, -0.2) is 4.39 Å². The lowest BCUT2D eigenvalue weighted by Gasteiger charge is -2.30. The molecule has 0 saturated heterocycles. The summed E-state index contributed by atoms with van der Waals surface area (Å²) in [4.78, 5) is 27.7. The molecule has 0 aliphatic carbocycles. The molecule has 0 aromatic heterocycles. The van der Waals surface area contributed by atoms with Gasteiger partial charge in [0, 0.05) is 18.8 Å². The van der Waals surface area contributed by atoms with Crippen LogP contribution in [0.2, 0.25) is 0 Å². The van der Waals surface area contributed by atoms with Crippen LogP contribution in [-0.4, -0.2) is 42.2 Å². The van der Waals surface area contributed by atoms with E-state index in [0.29, 0.717) is 25.3 Å². The number of methoxy groups -OCH3 is 1. The van der Waals surface area contributed by atoms with Crippen molar-refractivity contribution in [3.63, 3.8) is 0 Å². The number of carbonyl (C=O) groups excluding carboxylic acids is 2. The molecule has 2 aromatic carbocycles. The van der Waals surface area contributed by atoms with Gasteiger partial charge in [0.25, 0.3) is 0 Å². The maximum Gasteiger partial charge on any atom is 0.242 e. The lowest BCUT2D eigenvalue weighted by atomic mass is 10.1.